The number of carbonyl (C=O) groups is 1. The van der Waals surface area contributed by atoms with Crippen molar-refractivity contribution in [2.45, 2.75) is 19.5 Å². The van der Waals surface area contributed by atoms with Crippen LogP contribution in [0, 0.1) is 0 Å². The fourth-order valence-electron chi connectivity index (χ4n) is 4.08. The van der Waals surface area contributed by atoms with Crippen molar-refractivity contribution in [3.63, 3.8) is 0 Å². The maximum Gasteiger partial charge on any atom is 0.269 e. The van der Waals surface area contributed by atoms with Crippen molar-refractivity contribution in [3.05, 3.63) is 76.1 Å². The number of carbonyl (C=O) groups excluding carboxylic acids is 1. The molecule has 0 saturated heterocycles. The number of aromatic amines is 2. The lowest BCUT2D eigenvalue weighted by Gasteiger charge is -2.12. The summed E-state index contributed by atoms with van der Waals surface area (Å²) in [6.07, 6.45) is 2.63. The van der Waals surface area contributed by atoms with Crippen LogP contribution in [0.4, 0.5) is 0 Å². The minimum atomic E-state index is -0.229. The van der Waals surface area contributed by atoms with Gasteiger partial charge in [-0.15, -0.1) is 0 Å². The Morgan fingerprint density at radius 3 is 2.88 bits per heavy atom. The largest absolute Gasteiger partial charge is 0.493 e. The smallest absolute Gasteiger partial charge is 0.269 e. The number of aromatic nitrogens is 4. The second-order valence-electron chi connectivity index (χ2n) is 8.59. The molecule has 1 aliphatic heterocycles. The van der Waals surface area contributed by atoms with Gasteiger partial charge in [0.2, 0.25) is 0 Å². The summed E-state index contributed by atoms with van der Waals surface area (Å²) >= 11 is 6.51. The predicted octanol–water partition coefficient (Wildman–Crippen LogP) is 4.05. The van der Waals surface area contributed by atoms with E-state index in [-0.39, 0.29) is 5.91 Å². The van der Waals surface area contributed by atoms with Gasteiger partial charge in [-0.2, -0.15) is 10.2 Å². The normalized spacial score (nSPS) is 12.6. The first-order valence-corrected chi connectivity index (χ1v) is 11.4. The number of amides is 1. The number of nitrogens with one attached hydrogen (secondary N) is 3. The van der Waals surface area contributed by atoms with E-state index in [1.54, 1.807) is 12.3 Å². The molecule has 0 aliphatic carbocycles. The van der Waals surface area contributed by atoms with Gasteiger partial charge in [-0.1, -0.05) is 35.9 Å². The summed E-state index contributed by atoms with van der Waals surface area (Å²) in [4.78, 5) is 14.8. The fraction of sp³-hybridized carbons (Fsp3) is 0.240. The lowest BCUT2D eigenvalue weighted by atomic mass is 10.0. The van der Waals surface area contributed by atoms with Crippen molar-refractivity contribution in [3.8, 4) is 28.3 Å². The first-order valence-electron chi connectivity index (χ1n) is 11.0. The topological polar surface area (TPSA) is 98.9 Å². The summed E-state index contributed by atoms with van der Waals surface area (Å²) in [5.74, 6) is 0.699. The molecule has 3 heterocycles. The lowest BCUT2D eigenvalue weighted by Crippen LogP contribution is -2.23. The summed E-state index contributed by atoms with van der Waals surface area (Å²) < 4.78 is 5.54. The number of nitrogens with zero attached hydrogens (tertiary/aromatic N) is 3. The van der Waals surface area contributed by atoms with Crippen molar-refractivity contribution < 1.29 is 9.53 Å². The number of H-pyrrole nitrogens is 2. The standard InChI is InChI=1S/C25H25ClN6O2/c1-32(2)14-18-5-4-16(10-20(18)26)19-13-28-31-24(19)21-11-22(30-29-21)25(33)27-12-15-3-6-23-17(9-15)7-8-34-23/h3-6,9-11,13H,7-8,12,14H2,1-2H3,(H,27,33)(H,28,31)(H,29,30). The molecular weight excluding hydrogens is 452 g/mol. The van der Waals surface area contributed by atoms with Gasteiger partial charge < -0.3 is 15.0 Å². The Labute approximate surface area is 202 Å². The Morgan fingerprint density at radius 1 is 1.18 bits per heavy atom. The average Bonchev–Trinajstić information content (AvgIpc) is 3.58. The van der Waals surface area contributed by atoms with Crippen LogP contribution in [-0.2, 0) is 19.5 Å². The number of hydrogen-bond donors (Lipinski definition) is 3. The van der Waals surface area contributed by atoms with Crippen LogP contribution in [0.25, 0.3) is 22.5 Å². The van der Waals surface area contributed by atoms with Gasteiger partial charge in [-0.3, -0.25) is 15.0 Å². The van der Waals surface area contributed by atoms with E-state index in [1.807, 2.05) is 44.4 Å². The predicted molar refractivity (Wildman–Crippen MR) is 131 cm³/mol. The van der Waals surface area contributed by atoms with Crippen LogP contribution in [0.2, 0.25) is 5.02 Å². The lowest BCUT2D eigenvalue weighted by molar-refractivity contribution is 0.0946. The number of hydrogen-bond acceptors (Lipinski definition) is 5. The molecule has 0 fully saturated rings. The summed E-state index contributed by atoms with van der Waals surface area (Å²) in [6.45, 7) is 1.89. The summed E-state index contributed by atoms with van der Waals surface area (Å²) in [7, 11) is 4.01. The highest BCUT2D eigenvalue weighted by atomic mass is 35.5. The third kappa shape index (κ3) is 4.55. The molecule has 0 unspecified atom stereocenters. The maximum absolute atomic E-state index is 12.7. The van der Waals surface area contributed by atoms with Crippen LogP contribution in [-0.4, -0.2) is 51.9 Å². The van der Waals surface area contributed by atoms with Gasteiger partial charge in [0, 0.05) is 30.1 Å². The second-order valence-corrected chi connectivity index (χ2v) is 9.00. The van der Waals surface area contributed by atoms with Crippen molar-refractivity contribution >= 4 is 17.5 Å². The number of benzene rings is 2. The highest BCUT2D eigenvalue weighted by molar-refractivity contribution is 6.31. The zero-order valence-electron chi connectivity index (χ0n) is 19.0. The van der Waals surface area contributed by atoms with Crippen LogP contribution in [0.1, 0.15) is 27.2 Å². The van der Waals surface area contributed by atoms with Crippen LogP contribution in [0.5, 0.6) is 5.75 Å². The van der Waals surface area contributed by atoms with Crippen LogP contribution in [0.15, 0.2) is 48.7 Å². The number of ether oxygens (including phenoxy) is 1. The van der Waals surface area contributed by atoms with Gasteiger partial charge in [0.15, 0.2) is 0 Å². The zero-order chi connectivity index (χ0) is 23.7. The molecule has 0 radical (unpaired) electrons. The molecule has 2 aromatic carbocycles. The van der Waals surface area contributed by atoms with E-state index in [4.69, 9.17) is 16.3 Å². The van der Waals surface area contributed by atoms with Gasteiger partial charge >= 0.3 is 0 Å². The molecule has 5 rings (SSSR count). The van der Waals surface area contributed by atoms with Gasteiger partial charge in [0.25, 0.3) is 5.91 Å². The first-order chi connectivity index (χ1) is 16.5. The van der Waals surface area contributed by atoms with E-state index >= 15 is 0 Å². The number of rotatable bonds is 7. The Kier molecular flexibility index (Phi) is 6.08. The van der Waals surface area contributed by atoms with Gasteiger partial charge in [-0.25, -0.2) is 0 Å². The van der Waals surface area contributed by atoms with E-state index in [0.29, 0.717) is 35.3 Å². The molecular formula is C25H25ClN6O2. The molecule has 3 N–H and O–H groups in total. The highest BCUT2D eigenvalue weighted by Crippen LogP contribution is 2.32. The van der Waals surface area contributed by atoms with Crippen LogP contribution < -0.4 is 10.1 Å². The molecule has 0 saturated carbocycles. The molecule has 2 aromatic heterocycles. The Hall–Kier alpha value is -3.62. The van der Waals surface area contributed by atoms with Crippen molar-refractivity contribution in [2.75, 3.05) is 20.7 Å². The molecule has 8 nitrogen and oxygen atoms in total. The van der Waals surface area contributed by atoms with E-state index in [2.05, 4.69) is 36.7 Å². The molecule has 1 amide bonds. The minimum Gasteiger partial charge on any atom is -0.493 e. The van der Waals surface area contributed by atoms with Crippen LogP contribution in [0.3, 0.4) is 0 Å². The average molecular weight is 477 g/mol. The van der Waals surface area contributed by atoms with Gasteiger partial charge in [0.1, 0.15) is 17.1 Å². The SMILES string of the molecule is CN(C)Cc1ccc(-c2cn[nH]c2-c2cc(C(=O)NCc3ccc4c(c3)CCO4)[nH]n2)cc1Cl. The molecule has 0 spiro atoms. The Morgan fingerprint density at radius 2 is 2.06 bits per heavy atom. The van der Waals surface area contributed by atoms with E-state index < -0.39 is 0 Å². The first kappa shape index (κ1) is 22.2. The van der Waals surface area contributed by atoms with Gasteiger partial charge in [-0.05, 0) is 54.5 Å². The van der Waals surface area contributed by atoms with Crippen molar-refractivity contribution in [1.82, 2.24) is 30.6 Å². The van der Waals surface area contributed by atoms with E-state index in [9.17, 15) is 4.79 Å². The molecule has 0 atom stereocenters. The number of halogens is 1. The molecule has 4 aromatic rings. The Bertz CT molecular complexity index is 1340. The van der Waals surface area contributed by atoms with E-state index in [0.717, 1.165) is 41.0 Å². The second kappa shape index (κ2) is 9.32. The molecule has 34 heavy (non-hydrogen) atoms. The Balaban J connectivity index is 1.30. The molecule has 1 aliphatic rings. The minimum absolute atomic E-state index is 0.229. The van der Waals surface area contributed by atoms with E-state index in [1.165, 1.54) is 5.56 Å². The van der Waals surface area contributed by atoms with Crippen LogP contribution >= 0.6 is 11.6 Å². The fourth-order valence-corrected chi connectivity index (χ4v) is 4.32. The number of fused-ring (bicyclic) bond motifs is 1. The van der Waals surface area contributed by atoms with Crippen molar-refractivity contribution in [1.29, 1.82) is 0 Å². The summed E-state index contributed by atoms with van der Waals surface area (Å²) in [5.41, 5.74) is 6.73. The third-order valence-corrected chi connectivity index (χ3v) is 6.13. The summed E-state index contributed by atoms with van der Waals surface area (Å²) in [5, 5.41) is 18.0. The third-order valence-electron chi connectivity index (χ3n) is 5.78. The van der Waals surface area contributed by atoms with Crippen molar-refractivity contribution in [2.24, 2.45) is 0 Å². The quantitative estimate of drug-likeness (QED) is 0.374. The molecule has 0 bridgehead atoms. The molecule has 9 heteroatoms. The highest BCUT2D eigenvalue weighted by Gasteiger charge is 2.17. The maximum atomic E-state index is 12.7. The zero-order valence-corrected chi connectivity index (χ0v) is 19.7. The van der Waals surface area contributed by atoms with Gasteiger partial charge in [0.05, 0.1) is 18.5 Å². The molecule has 174 valence electrons. The monoisotopic (exact) mass is 476 g/mol. The summed E-state index contributed by atoms with van der Waals surface area (Å²) in [6, 6.07) is 13.7.